The molecule has 0 amide bonds. The topological polar surface area (TPSA) is 29.5 Å². The predicted molar refractivity (Wildman–Crippen MR) is 33.1 cm³/mol. The maximum absolute atomic E-state index is 11.7. The van der Waals surface area contributed by atoms with Gasteiger partial charge in [-0.3, -0.25) is 0 Å². The van der Waals surface area contributed by atoms with E-state index in [4.69, 9.17) is 5.11 Å². The van der Waals surface area contributed by atoms with Crippen molar-refractivity contribution in [3.63, 3.8) is 0 Å². The van der Waals surface area contributed by atoms with Crippen LogP contribution in [0.5, 0.6) is 5.75 Å². The normalized spacial score (nSPS) is 11.2. The van der Waals surface area contributed by atoms with Crippen LogP contribution >= 0.6 is 0 Å². The lowest BCUT2D eigenvalue weighted by Gasteiger charge is -2.09. The van der Waals surface area contributed by atoms with Crippen LogP contribution in [0.15, 0.2) is 24.3 Å². The predicted octanol–water partition coefficient (Wildman–Crippen LogP) is 1.41. The Labute approximate surface area is 62.0 Å². The molecule has 0 aliphatic heterocycles. The largest absolute Gasteiger partial charge is 0.532 e. The number of hydrogen-bond donors (Lipinski definition) is 1. The van der Waals surface area contributed by atoms with Gasteiger partial charge in [-0.25, -0.2) is 0 Å². The standard InChI is InChI=1S/C7H5F2O2/c8-7(9,10)11-6-4-2-1-3-5-6/h1-4,10H. The van der Waals surface area contributed by atoms with Gasteiger partial charge in [0.25, 0.3) is 0 Å². The van der Waals surface area contributed by atoms with Crippen LogP contribution in [0.3, 0.4) is 0 Å². The second kappa shape index (κ2) is 2.84. The van der Waals surface area contributed by atoms with Gasteiger partial charge in [-0.15, -0.1) is 8.78 Å². The molecule has 1 aromatic carbocycles. The fourth-order valence-electron chi connectivity index (χ4n) is 0.573. The second-order valence-electron chi connectivity index (χ2n) is 1.81. The molecule has 1 aromatic rings. The Morgan fingerprint density at radius 3 is 2.64 bits per heavy atom. The van der Waals surface area contributed by atoms with Gasteiger partial charge in [0.1, 0.15) is 5.75 Å². The molecule has 1 rings (SSSR count). The first-order chi connectivity index (χ1) is 5.08. The molecule has 0 saturated heterocycles. The summed E-state index contributed by atoms with van der Waals surface area (Å²) in [4.78, 5) is 0. The highest BCUT2D eigenvalue weighted by molar-refractivity contribution is 5.19. The minimum absolute atomic E-state index is 0.194. The second-order valence-corrected chi connectivity index (χ2v) is 1.81. The zero-order valence-corrected chi connectivity index (χ0v) is 5.42. The third kappa shape index (κ3) is 2.95. The molecule has 0 saturated carbocycles. The first-order valence-corrected chi connectivity index (χ1v) is 2.84. The summed E-state index contributed by atoms with van der Waals surface area (Å²) in [5.41, 5.74) is 0. The van der Waals surface area contributed by atoms with Gasteiger partial charge < -0.3 is 9.84 Å². The number of aliphatic hydroxyl groups is 1. The Hall–Kier alpha value is -1.16. The van der Waals surface area contributed by atoms with Crippen LogP contribution < -0.4 is 4.74 Å². The lowest BCUT2D eigenvalue weighted by atomic mass is 10.3. The average Bonchev–Trinajstić information content (AvgIpc) is 1.85. The van der Waals surface area contributed by atoms with E-state index < -0.39 is 6.29 Å². The molecule has 0 fully saturated rings. The molecule has 0 aliphatic rings. The molecule has 0 spiro atoms. The molecule has 0 aliphatic carbocycles. The van der Waals surface area contributed by atoms with E-state index in [1.807, 2.05) is 0 Å². The zero-order chi connectivity index (χ0) is 8.32. The number of para-hydroxylation sites is 1. The van der Waals surface area contributed by atoms with Crippen molar-refractivity contribution < 1.29 is 18.6 Å². The zero-order valence-electron chi connectivity index (χ0n) is 5.42. The summed E-state index contributed by atoms with van der Waals surface area (Å²) in [5.74, 6) is -0.194. The molecule has 0 atom stereocenters. The Balaban J connectivity index is 2.66. The first kappa shape index (κ1) is 7.94. The maximum atomic E-state index is 11.7. The molecule has 0 heterocycles. The van der Waals surface area contributed by atoms with Gasteiger partial charge in [0.15, 0.2) is 0 Å². The highest BCUT2D eigenvalue weighted by Crippen LogP contribution is 2.16. The van der Waals surface area contributed by atoms with E-state index in [0.717, 1.165) is 0 Å². The van der Waals surface area contributed by atoms with Gasteiger partial charge in [0, 0.05) is 6.07 Å². The van der Waals surface area contributed by atoms with Crippen LogP contribution in [-0.4, -0.2) is 11.4 Å². The third-order valence-electron chi connectivity index (χ3n) is 0.913. The third-order valence-corrected chi connectivity index (χ3v) is 0.913. The van der Waals surface area contributed by atoms with Crippen LogP contribution in [0.4, 0.5) is 8.78 Å². The van der Waals surface area contributed by atoms with E-state index in [0.29, 0.717) is 0 Å². The summed E-state index contributed by atoms with van der Waals surface area (Å²) in [7, 11) is 0. The Bertz CT molecular complexity index is 218. The Morgan fingerprint density at radius 2 is 2.18 bits per heavy atom. The summed E-state index contributed by atoms with van der Waals surface area (Å²) in [6, 6.07) is 8.13. The molecular weight excluding hydrogens is 154 g/mol. The number of alkyl halides is 2. The minimum Gasteiger partial charge on any atom is -0.409 e. The van der Waals surface area contributed by atoms with E-state index in [1.54, 1.807) is 6.07 Å². The number of rotatable bonds is 2. The average molecular weight is 159 g/mol. The molecule has 1 N–H and O–H groups in total. The van der Waals surface area contributed by atoms with Crippen molar-refractivity contribution in [3.05, 3.63) is 30.3 Å². The van der Waals surface area contributed by atoms with Crippen LogP contribution in [0, 0.1) is 6.07 Å². The van der Waals surface area contributed by atoms with Crippen molar-refractivity contribution in [1.29, 1.82) is 0 Å². The Morgan fingerprint density at radius 1 is 1.45 bits per heavy atom. The summed E-state index contributed by atoms with van der Waals surface area (Å²) in [6.45, 7) is 0. The van der Waals surface area contributed by atoms with E-state index >= 15 is 0 Å². The SMILES string of the molecule is OC(F)(F)Oc1[c]cccc1. The van der Waals surface area contributed by atoms with E-state index in [1.165, 1.54) is 18.2 Å². The fourth-order valence-corrected chi connectivity index (χ4v) is 0.573. The van der Waals surface area contributed by atoms with Crippen molar-refractivity contribution >= 4 is 0 Å². The van der Waals surface area contributed by atoms with Crippen molar-refractivity contribution in [3.8, 4) is 5.75 Å². The summed E-state index contributed by atoms with van der Waals surface area (Å²) < 4.78 is 27.2. The monoisotopic (exact) mass is 159 g/mol. The van der Waals surface area contributed by atoms with Gasteiger partial charge in [0.05, 0.1) is 0 Å². The summed E-state index contributed by atoms with van der Waals surface area (Å²) in [5, 5.41) is 7.90. The van der Waals surface area contributed by atoms with Crippen LogP contribution in [0.1, 0.15) is 0 Å². The molecule has 1 radical (unpaired) electrons. The van der Waals surface area contributed by atoms with E-state index in [2.05, 4.69) is 10.8 Å². The van der Waals surface area contributed by atoms with Gasteiger partial charge in [-0.05, 0) is 6.07 Å². The van der Waals surface area contributed by atoms with Crippen LogP contribution in [0.2, 0.25) is 0 Å². The minimum atomic E-state index is -4.13. The number of hydrogen-bond acceptors (Lipinski definition) is 2. The number of ether oxygens (including phenoxy) is 1. The van der Waals surface area contributed by atoms with Crippen LogP contribution in [-0.2, 0) is 0 Å². The molecule has 0 bridgehead atoms. The molecule has 4 heteroatoms. The summed E-state index contributed by atoms with van der Waals surface area (Å²) in [6.07, 6.45) is -4.13. The molecule has 0 unspecified atom stereocenters. The van der Waals surface area contributed by atoms with Crippen LogP contribution in [0.25, 0.3) is 0 Å². The highest BCUT2D eigenvalue weighted by atomic mass is 19.3. The molecule has 2 nitrogen and oxygen atoms in total. The molecular formula is C7H5F2O2. The lowest BCUT2D eigenvalue weighted by Crippen LogP contribution is -2.23. The van der Waals surface area contributed by atoms with Crippen molar-refractivity contribution in [1.82, 2.24) is 0 Å². The number of halogens is 2. The van der Waals surface area contributed by atoms with Crippen molar-refractivity contribution in [2.45, 2.75) is 6.29 Å². The molecule has 11 heavy (non-hydrogen) atoms. The van der Waals surface area contributed by atoms with Crippen molar-refractivity contribution in [2.75, 3.05) is 0 Å². The van der Waals surface area contributed by atoms with Crippen molar-refractivity contribution in [2.24, 2.45) is 0 Å². The Kier molecular flexibility index (Phi) is 2.05. The molecule has 0 aromatic heterocycles. The number of benzene rings is 1. The first-order valence-electron chi connectivity index (χ1n) is 2.84. The quantitative estimate of drug-likeness (QED) is 0.661. The lowest BCUT2D eigenvalue weighted by molar-refractivity contribution is -0.327. The van der Waals surface area contributed by atoms with Gasteiger partial charge >= 0.3 is 6.29 Å². The van der Waals surface area contributed by atoms with E-state index in [-0.39, 0.29) is 5.75 Å². The maximum Gasteiger partial charge on any atom is 0.532 e. The fraction of sp³-hybridized carbons (Fsp3) is 0.143. The van der Waals surface area contributed by atoms with Gasteiger partial charge in [-0.2, -0.15) is 0 Å². The van der Waals surface area contributed by atoms with E-state index in [9.17, 15) is 8.78 Å². The highest BCUT2D eigenvalue weighted by Gasteiger charge is 2.27. The van der Waals surface area contributed by atoms with Gasteiger partial charge in [0.2, 0.25) is 0 Å². The summed E-state index contributed by atoms with van der Waals surface area (Å²) >= 11 is 0. The molecule has 59 valence electrons. The smallest absolute Gasteiger partial charge is 0.409 e. The van der Waals surface area contributed by atoms with Gasteiger partial charge in [-0.1, -0.05) is 18.2 Å².